The zero-order chi connectivity index (χ0) is 18.1. The molecule has 0 saturated heterocycles. The fourth-order valence-electron chi connectivity index (χ4n) is 3.58. The third-order valence-corrected chi connectivity index (χ3v) is 5.04. The first-order valence-electron chi connectivity index (χ1n) is 9.44. The summed E-state index contributed by atoms with van der Waals surface area (Å²) in [7, 11) is 1.37. The molecule has 0 bridgehead atoms. The number of oxime groups is 1. The summed E-state index contributed by atoms with van der Waals surface area (Å²) in [6, 6.07) is 0. The Hall–Kier alpha value is -1.62. The van der Waals surface area contributed by atoms with Crippen molar-refractivity contribution in [3.8, 4) is 0 Å². The molecule has 2 rings (SSSR count). The Balaban J connectivity index is 1.76. The van der Waals surface area contributed by atoms with Crippen molar-refractivity contribution in [1.82, 2.24) is 0 Å². The van der Waals surface area contributed by atoms with E-state index in [1.807, 2.05) is 6.08 Å². The summed E-state index contributed by atoms with van der Waals surface area (Å²) in [6.07, 6.45) is 13.4. The van der Waals surface area contributed by atoms with Crippen molar-refractivity contribution in [3.63, 3.8) is 0 Å². The maximum Gasteiger partial charge on any atom is 0.309 e. The van der Waals surface area contributed by atoms with Crippen LogP contribution in [0.2, 0.25) is 0 Å². The van der Waals surface area contributed by atoms with Gasteiger partial charge in [0.1, 0.15) is 6.61 Å². The molecule has 0 aromatic carbocycles. The molecule has 0 aromatic heterocycles. The van der Waals surface area contributed by atoms with Crippen LogP contribution in [0.4, 0.5) is 0 Å². The average molecular weight is 349 g/mol. The Morgan fingerprint density at radius 3 is 3.04 bits per heavy atom. The first-order valence-corrected chi connectivity index (χ1v) is 9.44. The van der Waals surface area contributed by atoms with Crippen LogP contribution in [0.5, 0.6) is 0 Å². The molecule has 0 heterocycles. The number of ether oxygens (including phenoxy) is 1. The van der Waals surface area contributed by atoms with Crippen LogP contribution in [-0.4, -0.2) is 36.6 Å². The van der Waals surface area contributed by atoms with Gasteiger partial charge in [-0.05, 0) is 43.1 Å². The number of carbonyl (C=O) groups is 1. The SMILES string of the molecule is CCCCCC(O)/C=C\C1=CC[C@@H]2C/C(=N\OCCC(=O)OC)C[C@@H]12. The third-order valence-electron chi connectivity index (χ3n) is 5.04. The molecule has 0 spiro atoms. The molecule has 1 saturated carbocycles. The fraction of sp³-hybridized carbons (Fsp3) is 0.700. The van der Waals surface area contributed by atoms with Crippen molar-refractivity contribution in [2.75, 3.05) is 13.7 Å². The lowest BCUT2D eigenvalue weighted by Crippen LogP contribution is -2.05. The molecule has 140 valence electrons. The van der Waals surface area contributed by atoms with Crippen LogP contribution in [-0.2, 0) is 14.4 Å². The molecule has 1 unspecified atom stereocenters. The van der Waals surface area contributed by atoms with E-state index in [2.05, 4.69) is 29.0 Å². The number of esters is 1. The summed E-state index contributed by atoms with van der Waals surface area (Å²) in [4.78, 5) is 16.3. The van der Waals surface area contributed by atoms with Crippen molar-refractivity contribution in [3.05, 3.63) is 23.8 Å². The molecule has 5 nitrogen and oxygen atoms in total. The van der Waals surface area contributed by atoms with Gasteiger partial charge in [-0.1, -0.05) is 49.6 Å². The van der Waals surface area contributed by atoms with Crippen LogP contribution in [0.3, 0.4) is 0 Å². The van der Waals surface area contributed by atoms with E-state index in [4.69, 9.17) is 4.84 Å². The molecule has 2 aliphatic rings. The molecular formula is C20H31NO4. The molecule has 0 aromatic rings. The van der Waals surface area contributed by atoms with Crippen LogP contribution in [0.25, 0.3) is 0 Å². The maximum atomic E-state index is 11.0. The van der Waals surface area contributed by atoms with Crippen LogP contribution in [0.1, 0.15) is 58.3 Å². The van der Waals surface area contributed by atoms with Crippen LogP contribution in [0.15, 0.2) is 29.0 Å². The molecule has 25 heavy (non-hydrogen) atoms. The van der Waals surface area contributed by atoms with E-state index >= 15 is 0 Å². The Morgan fingerprint density at radius 2 is 2.28 bits per heavy atom. The number of fused-ring (bicyclic) bond motifs is 1. The lowest BCUT2D eigenvalue weighted by atomic mass is 9.94. The quantitative estimate of drug-likeness (QED) is 0.370. The summed E-state index contributed by atoms with van der Waals surface area (Å²) >= 11 is 0. The molecule has 1 N–H and O–H groups in total. The van der Waals surface area contributed by atoms with E-state index in [-0.39, 0.29) is 25.1 Å². The van der Waals surface area contributed by atoms with Gasteiger partial charge in [0, 0.05) is 0 Å². The Morgan fingerprint density at radius 1 is 1.44 bits per heavy atom. The highest BCUT2D eigenvalue weighted by Gasteiger charge is 2.36. The van der Waals surface area contributed by atoms with Crippen molar-refractivity contribution < 1.29 is 19.5 Å². The predicted octanol–water partition coefficient (Wildman–Crippen LogP) is 3.78. The van der Waals surface area contributed by atoms with Crippen LogP contribution < -0.4 is 0 Å². The third kappa shape index (κ3) is 6.31. The van der Waals surface area contributed by atoms with Gasteiger partial charge in [-0.3, -0.25) is 4.79 Å². The van der Waals surface area contributed by atoms with Crippen LogP contribution in [0, 0.1) is 11.8 Å². The number of carbonyl (C=O) groups excluding carboxylic acids is 1. The Labute approximate surface area is 150 Å². The minimum absolute atomic E-state index is 0.226. The molecular weight excluding hydrogens is 318 g/mol. The van der Waals surface area contributed by atoms with Gasteiger partial charge in [0.15, 0.2) is 0 Å². The Bertz CT molecular complexity index is 524. The highest BCUT2D eigenvalue weighted by Crippen LogP contribution is 2.43. The van der Waals surface area contributed by atoms with Crippen molar-refractivity contribution >= 4 is 11.7 Å². The second-order valence-electron chi connectivity index (χ2n) is 6.95. The molecule has 1 fully saturated rings. The van der Waals surface area contributed by atoms with E-state index in [1.54, 1.807) is 0 Å². The number of hydrogen-bond donors (Lipinski definition) is 1. The lowest BCUT2D eigenvalue weighted by Gasteiger charge is -2.11. The first-order chi connectivity index (χ1) is 12.1. The lowest BCUT2D eigenvalue weighted by molar-refractivity contribution is -0.141. The summed E-state index contributed by atoms with van der Waals surface area (Å²) in [5.41, 5.74) is 2.39. The first kappa shape index (κ1) is 19.7. The summed E-state index contributed by atoms with van der Waals surface area (Å²) in [5.74, 6) is 0.804. The summed E-state index contributed by atoms with van der Waals surface area (Å²) < 4.78 is 4.57. The highest BCUT2D eigenvalue weighted by atomic mass is 16.6. The van der Waals surface area contributed by atoms with Crippen molar-refractivity contribution in [1.29, 1.82) is 0 Å². The smallest absolute Gasteiger partial charge is 0.309 e. The standard InChI is InChI=1S/C20H31NO4/c1-3-4-5-6-18(22)10-9-15-7-8-16-13-17(14-19(15)16)21-25-12-11-20(23)24-2/h7,9-10,16,18-19,22H,3-6,8,11-14H2,1-2H3/b10-9-,21-17+/t16-,18?,19+/m1/s1. The molecule has 0 amide bonds. The topological polar surface area (TPSA) is 68.1 Å². The van der Waals surface area contributed by atoms with Gasteiger partial charge >= 0.3 is 5.97 Å². The zero-order valence-corrected chi connectivity index (χ0v) is 15.4. The highest BCUT2D eigenvalue weighted by molar-refractivity contribution is 5.87. The molecule has 0 radical (unpaired) electrons. The van der Waals surface area contributed by atoms with Gasteiger partial charge < -0.3 is 14.7 Å². The summed E-state index contributed by atoms with van der Waals surface area (Å²) in [5, 5.41) is 14.2. The normalized spacial score (nSPS) is 25.2. The van der Waals surface area contributed by atoms with Gasteiger partial charge in [0.25, 0.3) is 0 Å². The van der Waals surface area contributed by atoms with Crippen LogP contribution >= 0.6 is 0 Å². The minimum Gasteiger partial charge on any atom is -0.469 e. The summed E-state index contributed by atoms with van der Waals surface area (Å²) in [6.45, 7) is 2.43. The van der Waals surface area contributed by atoms with E-state index in [0.29, 0.717) is 11.8 Å². The van der Waals surface area contributed by atoms with E-state index in [1.165, 1.54) is 25.5 Å². The fourth-order valence-corrected chi connectivity index (χ4v) is 3.58. The molecule has 0 aliphatic heterocycles. The van der Waals surface area contributed by atoms with Gasteiger partial charge in [0.2, 0.25) is 0 Å². The van der Waals surface area contributed by atoms with Gasteiger partial charge in [-0.25, -0.2) is 0 Å². The number of allylic oxidation sites excluding steroid dienone is 3. The number of aliphatic hydroxyl groups excluding tert-OH is 1. The molecule has 3 atom stereocenters. The van der Waals surface area contributed by atoms with Gasteiger partial charge in [-0.2, -0.15) is 0 Å². The number of methoxy groups -OCH3 is 1. The number of aliphatic hydroxyl groups is 1. The van der Waals surface area contributed by atoms with Gasteiger partial charge in [-0.15, -0.1) is 0 Å². The predicted molar refractivity (Wildman–Crippen MR) is 98.2 cm³/mol. The maximum absolute atomic E-state index is 11.0. The second kappa shape index (κ2) is 10.4. The number of unbranched alkanes of at least 4 members (excludes halogenated alkanes) is 2. The molecule has 2 aliphatic carbocycles. The van der Waals surface area contributed by atoms with E-state index in [0.717, 1.165) is 37.8 Å². The Kier molecular flexibility index (Phi) is 8.19. The largest absolute Gasteiger partial charge is 0.469 e. The average Bonchev–Trinajstić information content (AvgIpc) is 3.17. The minimum atomic E-state index is -0.345. The zero-order valence-electron chi connectivity index (χ0n) is 15.4. The van der Waals surface area contributed by atoms with E-state index in [9.17, 15) is 9.90 Å². The number of hydrogen-bond acceptors (Lipinski definition) is 5. The number of rotatable bonds is 10. The molecule has 5 heteroatoms. The van der Waals surface area contributed by atoms with Crippen molar-refractivity contribution in [2.24, 2.45) is 17.0 Å². The van der Waals surface area contributed by atoms with Crippen molar-refractivity contribution in [2.45, 2.75) is 64.4 Å². The van der Waals surface area contributed by atoms with E-state index < -0.39 is 0 Å². The van der Waals surface area contributed by atoms with Gasteiger partial charge in [0.05, 0.1) is 25.3 Å². The number of nitrogens with zero attached hydrogens (tertiary/aromatic N) is 1. The monoisotopic (exact) mass is 349 g/mol. The second-order valence-corrected chi connectivity index (χ2v) is 6.95.